The molecule has 1 amide bonds. The average molecular weight is 361 g/mol. The van der Waals surface area contributed by atoms with Gasteiger partial charge in [0.25, 0.3) is 5.91 Å². The summed E-state index contributed by atoms with van der Waals surface area (Å²) in [6.07, 6.45) is 7.61. The molecule has 2 aromatic heterocycles. The number of nitrogens with one attached hydrogen (secondary N) is 2. The first kappa shape index (κ1) is 18.5. The van der Waals surface area contributed by atoms with Gasteiger partial charge in [0.15, 0.2) is 0 Å². The Balaban J connectivity index is 1.71. The molecule has 6 nitrogen and oxygen atoms in total. The van der Waals surface area contributed by atoms with E-state index in [0.717, 1.165) is 34.7 Å². The van der Waals surface area contributed by atoms with Crippen molar-refractivity contribution in [1.82, 2.24) is 15.0 Å². The van der Waals surface area contributed by atoms with Crippen LogP contribution >= 0.6 is 0 Å². The lowest BCUT2D eigenvalue weighted by atomic mass is 10.1. The topological polar surface area (TPSA) is 79.8 Å². The van der Waals surface area contributed by atoms with Crippen LogP contribution in [0.2, 0.25) is 0 Å². The molecule has 0 spiro atoms. The largest absolute Gasteiger partial charge is 0.362 e. The van der Waals surface area contributed by atoms with Crippen molar-refractivity contribution in [2.75, 3.05) is 10.6 Å². The van der Waals surface area contributed by atoms with Crippen LogP contribution in [0.1, 0.15) is 47.1 Å². The maximum Gasteiger partial charge on any atom is 0.257 e. The molecule has 0 aliphatic heterocycles. The van der Waals surface area contributed by atoms with Crippen LogP contribution in [-0.4, -0.2) is 20.9 Å². The van der Waals surface area contributed by atoms with Gasteiger partial charge in [-0.2, -0.15) is 0 Å². The summed E-state index contributed by atoms with van der Waals surface area (Å²) in [4.78, 5) is 25.2. The van der Waals surface area contributed by atoms with Crippen LogP contribution in [0, 0.1) is 6.92 Å². The van der Waals surface area contributed by atoms with E-state index in [-0.39, 0.29) is 11.9 Å². The van der Waals surface area contributed by atoms with E-state index < -0.39 is 0 Å². The van der Waals surface area contributed by atoms with E-state index in [4.69, 9.17) is 0 Å². The third-order valence-corrected chi connectivity index (χ3v) is 4.19. The highest BCUT2D eigenvalue weighted by atomic mass is 16.1. The van der Waals surface area contributed by atoms with Crippen molar-refractivity contribution >= 4 is 17.4 Å². The smallest absolute Gasteiger partial charge is 0.257 e. The van der Waals surface area contributed by atoms with Gasteiger partial charge in [-0.05, 0) is 49.6 Å². The third kappa shape index (κ3) is 4.88. The summed E-state index contributed by atoms with van der Waals surface area (Å²) in [5.74, 6) is 0.563. The number of carbonyl (C=O) groups is 1. The highest BCUT2D eigenvalue weighted by Gasteiger charge is 2.10. The van der Waals surface area contributed by atoms with E-state index >= 15 is 0 Å². The summed E-state index contributed by atoms with van der Waals surface area (Å²) in [5.41, 5.74) is 4.21. The molecule has 2 N–H and O–H groups in total. The number of benzene rings is 1. The van der Waals surface area contributed by atoms with Crippen LogP contribution in [0.4, 0.5) is 11.5 Å². The number of carbonyl (C=O) groups excluding carboxylic acids is 1. The molecule has 1 atom stereocenters. The molecule has 0 bridgehead atoms. The fourth-order valence-electron chi connectivity index (χ4n) is 2.72. The Morgan fingerprint density at radius 3 is 2.70 bits per heavy atom. The zero-order valence-electron chi connectivity index (χ0n) is 15.7. The molecule has 0 radical (unpaired) electrons. The Morgan fingerprint density at radius 2 is 1.93 bits per heavy atom. The fraction of sp³-hybridized carbons (Fsp3) is 0.238. The first-order valence-electron chi connectivity index (χ1n) is 8.95. The van der Waals surface area contributed by atoms with E-state index in [0.29, 0.717) is 5.56 Å². The van der Waals surface area contributed by atoms with E-state index in [1.54, 1.807) is 24.8 Å². The molecule has 138 valence electrons. The van der Waals surface area contributed by atoms with Crippen molar-refractivity contribution in [1.29, 1.82) is 0 Å². The van der Waals surface area contributed by atoms with Gasteiger partial charge in [-0.25, -0.2) is 4.98 Å². The average Bonchev–Trinajstić information content (AvgIpc) is 2.68. The van der Waals surface area contributed by atoms with Crippen LogP contribution in [0.5, 0.6) is 0 Å². The molecule has 2 heterocycles. The van der Waals surface area contributed by atoms with Crippen molar-refractivity contribution in [2.24, 2.45) is 0 Å². The minimum absolute atomic E-state index is 0.0175. The number of anilines is 2. The van der Waals surface area contributed by atoms with Crippen LogP contribution < -0.4 is 10.6 Å². The minimum Gasteiger partial charge on any atom is -0.362 e. The SMILES string of the molecule is CCc1cncc(N[C@@H](C)c2cccc(NC(=O)c3cncc(C)c3)c2)n1. The molecule has 0 aliphatic carbocycles. The Kier molecular flexibility index (Phi) is 5.76. The van der Waals surface area contributed by atoms with E-state index in [1.807, 2.05) is 51.1 Å². The molecule has 0 fully saturated rings. The summed E-state index contributed by atoms with van der Waals surface area (Å²) >= 11 is 0. The third-order valence-electron chi connectivity index (χ3n) is 4.19. The van der Waals surface area contributed by atoms with Gasteiger partial charge in [0.1, 0.15) is 5.82 Å². The highest BCUT2D eigenvalue weighted by Crippen LogP contribution is 2.21. The molecule has 0 aliphatic rings. The molecule has 1 aromatic carbocycles. The summed E-state index contributed by atoms with van der Waals surface area (Å²) in [5, 5.41) is 6.28. The standard InChI is InChI=1S/C21H23N5O/c1-4-18-12-23-13-20(25-18)24-15(3)16-6-5-7-19(9-16)26-21(27)17-8-14(2)10-22-11-17/h5-13,15H,4H2,1-3H3,(H,24,25)(H,26,27)/t15-/m0/s1. The van der Waals surface area contributed by atoms with Crippen LogP contribution in [0.3, 0.4) is 0 Å². The molecule has 6 heteroatoms. The zero-order chi connectivity index (χ0) is 19.2. The number of rotatable bonds is 6. The van der Waals surface area contributed by atoms with Crippen LogP contribution in [0.15, 0.2) is 55.1 Å². The van der Waals surface area contributed by atoms with Crippen LogP contribution in [-0.2, 0) is 6.42 Å². The summed E-state index contributed by atoms with van der Waals surface area (Å²) < 4.78 is 0. The normalized spacial score (nSPS) is 11.7. The second-order valence-corrected chi connectivity index (χ2v) is 6.45. The Hall–Kier alpha value is -3.28. The quantitative estimate of drug-likeness (QED) is 0.689. The van der Waals surface area contributed by atoms with Gasteiger partial charge in [0.05, 0.1) is 23.5 Å². The number of nitrogens with zero attached hydrogens (tertiary/aromatic N) is 3. The Labute approximate surface area is 159 Å². The van der Waals surface area contributed by atoms with Gasteiger partial charge < -0.3 is 10.6 Å². The molecule has 3 rings (SSSR count). The lowest BCUT2D eigenvalue weighted by molar-refractivity contribution is 0.102. The second kappa shape index (κ2) is 8.40. The lowest BCUT2D eigenvalue weighted by Gasteiger charge is -2.16. The van der Waals surface area contributed by atoms with E-state index in [1.165, 1.54) is 0 Å². The van der Waals surface area contributed by atoms with Crippen molar-refractivity contribution in [3.8, 4) is 0 Å². The zero-order valence-corrected chi connectivity index (χ0v) is 15.7. The highest BCUT2D eigenvalue weighted by molar-refractivity contribution is 6.04. The molecule has 3 aromatic rings. The van der Waals surface area contributed by atoms with Gasteiger partial charge in [-0.3, -0.25) is 14.8 Å². The van der Waals surface area contributed by atoms with Crippen LogP contribution in [0.25, 0.3) is 0 Å². The maximum atomic E-state index is 12.4. The maximum absolute atomic E-state index is 12.4. The second-order valence-electron chi connectivity index (χ2n) is 6.45. The lowest BCUT2D eigenvalue weighted by Crippen LogP contribution is -2.13. The number of aromatic nitrogens is 3. The summed E-state index contributed by atoms with van der Waals surface area (Å²) in [6, 6.07) is 9.59. The van der Waals surface area contributed by atoms with E-state index in [2.05, 4.69) is 25.6 Å². The van der Waals surface area contributed by atoms with Gasteiger partial charge >= 0.3 is 0 Å². The first-order valence-corrected chi connectivity index (χ1v) is 8.95. The molecule has 27 heavy (non-hydrogen) atoms. The minimum atomic E-state index is -0.175. The van der Waals surface area contributed by atoms with Crippen molar-refractivity contribution in [3.63, 3.8) is 0 Å². The molecule has 0 unspecified atom stereocenters. The number of pyridine rings is 1. The van der Waals surface area contributed by atoms with E-state index in [9.17, 15) is 4.79 Å². The van der Waals surface area contributed by atoms with Gasteiger partial charge in [-0.15, -0.1) is 0 Å². The van der Waals surface area contributed by atoms with Crippen molar-refractivity contribution in [3.05, 3.63) is 77.5 Å². The fourth-order valence-corrected chi connectivity index (χ4v) is 2.72. The number of amides is 1. The van der Waals surface area contributed by atoms with Gasteiger partial charge in [-0.1, -0.05) is 19.1 Å². The Morgan fingerprint density at radius 1 is 1.11 bits per heavy atom. The molecule has 0 saturated carbocycles. The number of hydrogen-bond donors (Lipinski definition) is 2. The van der Waals surface area contributed by atoms with Gasteiger partial charge in [0, 0.05) is 24.3 Å². The summed E-state index contributed by atoms with van der Waals surface area (Å²) in [6.45, 7) is 6.01. The number of aryl methyl sites for hydroxylation is 2. The predicted octanol–water partition coefficient (Wildman–Crippen LogP) is 4.17. The number of hydrogen-bond acceptors (Lipinski definition) is 5. The van der Waals surface area contributed by atoms with Crippen molar-refractivity contribution < 1.29 is 4.79 Å². The summed E-state index contributed by atoms with van der Waals surface area (Å²) in [7, 11) is 0. The Bertz CT molecular complexity index is 941. The van der Waals surface area contributed by atoms with Gasteiger partial charge in [0.2, 0.25) is 0 Å². The molecular weight excluding hydrogens is 338 g/mol. The van der Waals surface area contributed by atoms with Crippen molar-refractivity contribution in [2.45, 2.75) is 33.2 Å². The molecule has 0 saturated heterocycles. The monoisotopic (exact) mass is 361 g/mol. The predicted molar refractivity (Wildman–Crippen MR) is 107 cm³/mol. The first-order chi connectivity index (χ1) is 13.0. The molecular formula is C21H23N5O.